The molecule has 0 aromatic heterocycles. The van der Waals surface area contributed by atoms with E-state index < -0.39 is 23.2 Å². The number of amides is 1. The second kappa shape index (κ2) is 6.09. The van der Waals surface area contributed by atoms with E-state index in [0.29, 0.717) is 5.69 Å². The van der Waals surface area contributed by atoms with Crippen LogP contribution in [0.2, 0.25) is 0 Å². The number of carbonyl (C=O) groups is 1. The normalized spacial score (nSPS) is 11.1. The summed E-state index contributed by atoms with van der Waals surface area (Å²) >= 11 is 0. The van der Waals surface area contributed by atoms with Gasteiger partial charge in [-0.1, -0.05) is 12.1 Å². The van der Waals surface area contributed by atoms with E-state index in [4.69, 9.17) is 0 Å². The Balaban J connectivity index is 2.23. The highest BCUT2D eigenvalue weighted by Gasteiger charge is 2.34. The Morgan fingerprint density at radius 3 is 2.14 bits per heavy atom. The van der Waals surface area contributed by atoms with Gasteiger partial charge in [-0.3, -0.25) is 4.79 Å². The van der Waals surface area contributed by atoms with Gasteiger partial charge in [0.2, 0.25) is 0 Å². The summed E-state index contributed by atoms with van der Waals surface area (Å²) in [5.74, 6) is -0.787. The van der Waals surface area contributed by atoms with Gasteiger partial charge < -0.3 is 10.2 Å². The minimum atomic E-state index is -4.57. The van der Waals surface area contributed by atoms with Crippen LogP contribution in [-0.2, 0) is 6.18 Å². The molecule has 0 unspecified atom stereocenters. The minimum absolute atomic E-state index is 0.397. The van der Waals surface area contributed by atoms with E-state index in [1.54, 1.807) is 24.3 Å². The van der Waals surface area contributed by atoms with Crippen LogP contribution in [0.3, 0.4) is 0 Å². The van der Waals surface area contributed by atoms with Crippen LogP contribution in [0.4, 0.5) is 24.5 Å². The molecule has 22 heavy (non-hydrogen) atoms. The SMILES string of the molecule is CN(C)c1ccc(NC(=O)c2ccccc2C(F)(F)F)cc1. The van der Waals surface area contributed by atoms with Crippen LogP contribution in [0.1, 0.15) is 15.9 Å². The Morgan fingerprint density at radius 2 is 1.59 bits per heavy atom. The molecule has 3 nitrogen and oxygen atoms in total. The monoisotopic (exact) mass is 308 g/mol. The summed E-state index contributed by atoms with van der Waals surface area (Å²) in [5.41, 5.74) is 0.0189. The maximum atomic E-state index is 12.9. The van der Waals surface area contributed by atoms with Crippen LogP contribution in [0, 0.1) is 0 Å². The third-order valence-electron chi connectivity index (χ3n) is 3.12. The van der Waals surface area contributed by atoms with Crippen molar-refractivity contribution in [1.82, 2.24) is 0 Å². The molecule has 0 saturated carbocycles. The predicted octanol–water partition coefficient (Wildman–Crippen LogP) is 4.02. The molecule has 1 N–H and O–H groups in total. The molecule has 0 aliphatic heterocycles. The Labute approximate surface area is 126 Å². The molecule has 0 radical (unpaired) electrons. The fraction of sp³-hybridized carbons (Fsp3) is 0.188. The van der Waals surface area contributed by atoms with Crippen molar-refractivity contribution < 1.29 is 18.0 Å². The molecule has 1 amide bonds. The number of hydrogen-bond acceptors (Lipinski definition) is 2. The lowest BCUT2D eigenvalue weighted by atomic mass is 10.1. The summed E-state index contributed by atoms with van der Waals surface area (Å²) < 4.78 is 38.7. The summed E-state index contributed by atoms with van der Waals surface area (Å²) in [6.45, 7) is 0. The number of anilines is 2. The van der Waals surface area contributed by atoms with Crippen LogP contribution in [0.15, 0.2) is 48.5 Å². The molecule has 6 heteroatoms. The van der Waals surface area contributed by atoms with Gasteiger partial charge in [-0.15, -0.1) is 0 Å². The number of benzene rings is 2. The first-order valence-electron chi connectivity index (χ1n) is 6.54. The molecule has 0 atom stereocenters. The van der Waals surface area contributed by atoms with Crippen molar-refractivity contribution in [2.24, 2.45) is 0 Å². The van der Waals surface area contributed by atoms with Crippen molar-refractivity contribution in [3.63, 3.8) is 0 Å². The Bertz CT molecular complexity index is 664. The maximum absolute atomic E-state index is 12.9. The van der Waals surface area contributed by atoms with E-state index in [1.807, 2.05) is 19.0 Å². The van der Waals surface area contributed by atoms with Gasteiger partial charge >= 0.3 is 6.18 Å². The summed E-state index contributed by atoms with van der Waals surface area (Å²) in [5, 5.41) is 2.48. The Kier molecular flexibility index (Phi) is 4.40. The molecule has 0 heterocycles. The summed E-state index contributed by atoms with van der Waals surface area (Å²) in [6.07, 6.45) is -4.57. The fourth-order valence-electron chi connectivity index (χ4n) is 1.97. The number of nitrogens with zero attached hydrogens (tertiary/aromatic N) is 1. The Hall–Kier alpha value is -2.50. The smallest absolute Gasteiger partial charge is 0.378 e. The number of hydrogen-bond donors (Lipinski definition) is 1. The molecule has 2 aromatic carbocycles. The average Bonchev–Trinajstić information content (AvgIpc) is 2.47. The fourth-order valence-corrected chi connectivity index (χ4v) is 1.97. The van der Waals surface area contributed by atoms with E-state index in [1.165, 1.54) is 12.1 Å². The second-order valence-corrected chi connectivity index (χ2v) is 4.94. The molecule has 0 spiro atoms. The lowest BCUT2D eigenvalue weighted by Gasteiger charge is -2.14. The number of alkyl halides is 3. The number of halogens is 3. The van der Waals surface area contributed by atoms with Gasteiger partial charge in [0.05, 0.1) is 11.1 Å². The molecule has 0 aliphatic carbocycles. The third-order valence-corrected chi connectivity index (χ3v) is 3.12. The third kappa shape index (κ3) is 3.58. The van der Waals surface area contributed by atoms with E-state index in [-0.39, 0.29) is 0 Å². The highest BCUT2D eigenvalue weighted by atomic mass is 19.4. The van der Waals surface area contributed by atoms with Crippen molar-refractivity contribution >= 4 is 17.3 Å². The zero-order chi connectivity index (χ0) is 16.3. The second-order valence-electron chi connectivity index (χ2n) is 4.94. The quantitative estimate of drug-likeness (QED) is 0.928. The van der Waals surface area contributed by atoms with E-state index in [2.05, 4.69) is 5.32 Å². The summed E-state index contributed by atoms with van der Waals surface area (Å²) in [4.78, 5) is 14.0. The summed E-state index contributed by atoms with van der Waals surface area (Å²) in [7, 11) is 3.74. The van der Waals surface area contributed by atoms with Gasteiger partial charge in [0.1, 0.15) is 0 Å². The topological polar surface area (TPSA) is 32.3 Å². The average molecular weight is 308 g/mol. The molecule has 0 bridgehead atoms. The van der Waals surface area contributed by atoms with Crippen molar-refractivity contribution in [1.29, 1.82) is 0 Å². The van der Waals surface area contributed by atoms with Crippen molar-refractivity contribution in [3.8, 4) is 0 Å². The molecule has 0 aliphatic rings. The molecule has 116 valence electrons. The highest BCUT2D eigenvalue weighted by Crippen LogP contribution is 2.32. The largest absolute Gasteiger partial charge is 0.417 e. The number of rotatable bonds is 3. The molecular formula is C16H15F3N2O. The van der Waals surface area contributed by atoms with Gasteiger partial charge in [-0.05, 0) is 36.4 Å². The van der Waals surface area contributed by atoms with E-state index >= 15 is 0 Å². The predicted molar refractivity (Wildman–Crippen MR) is 80.2 cm³/mol. The lowest BCUT2D eigenvalue weighted by molar-refractivity contribution is -0.137. The number of carbonyl (C=O) groups excluding carboxylic acids is 1. The van der Waals surface area contributed by atoms with Crippen molar-refractivity contribution in [2.45, 2.75) is 6.18 Å². The zero-order valence-corrected chi connectivity index (χ0v) is 12.1. The summed E-state index contributed by atoms with van der Waals surface area (Å²) in [6, 6.07) is 11.5. The Morgan fingerprint density at radius 1 is 1.00 bits per heavy atom. The maximum Gasteiger partial charge on any atom is 0.417 e. The van der Waals surface area contributed by atoms with Gasteiger partial charge in [0.25, 0.3) is 5.91 Å². The van der Waals surface area contributed by atoms with E-state index in [9.17, 15) is 18.0 Å². The van der Waals surface area contributed by atoms with Gasteiger partial charge in [0, 0.05) is 25.5 Å². The molecule has 0 saturated heterocycles. The van der Waals surface area contributed by atoms with Crippen LogP contribution in [0.25, 0.3) is 0 Å². The first-order chi connectivity index (χ1) is 10.3. The van der Waals surface area contributed by atoms with Crippen LogP contribution in [-0.4, -0.2) is 20.0 Å². The minimum Gasteiger partial charge on any atom is -0.378 e. The lowest BCUT2D eigenvalue weighted by Crippen LogP contribution is -2.18. The van der Waals surface area contributed by atoms with Crippen LogP contribution < -0.4 is 10.2 Å². The first-order valence-corrected chi connectivity index (χ1v) is 6.54. The van der Waals surface area contributed by atoms with Crippen LogP contribution >= 0.6 is 0 Å². The van der Waals surface area contributed by atoms with Crippen molar-refractivity contribution in [2.75, 3.05) is 24.3 Å². The van der Waals surface area contributed by atoms with E-state index in [0.717, 1.165) is 17.8 Å². The molecule has 2 rings (SSSR count). The van der Waals surface area contributed by atoms with Gasteiger partial charge in [-0.25, -0.2) is 0 Å². The molecule has 0 fully saturated rings. The van der Waals surface area contributed by atoms with Crippen molar-refractivity contribution in [3.05, 3.63) is 59.7 Å². The zero-order valence-electron chi connectivity index (χ0n) is 12.1. The first kappa shape index (κ1) is 15.9. The van der Waals surface area contributed by atoms with Gasteiger partial charge in [-0.2, -0.15) is 13.2 Å². The van der Waals surface area contributed by atoms with Gasteiger partial charge in [0.15, 0.2) is 0 Å². The standard InChI is InChI=1S/C16H15F3N2O/c1-21(2)12-9-7-11(8-10-12)20-15(22)13-5-3-4-6-14(13)16(17,18)19/h3-10H,1-2H3,(H,20,22). The highest BCUT2D eigenvalue weighted by molar-refractivity contribution is 6.05. The molecule has 2 aromatic rings. The molecular weight excluding hydrogens is 293 g/mol. The number of nitrogens with one attached hydrogen (secondary N) is 1. The van der Waals surface area contributed by atoms with Crippen LogP contribution in [0.5, 0.6) is 0 Å².